The van der Waals surface area contributed by atoms with Crippen LogP contribution in [0.15, 0.2) is 29.8 Å². The predicted octanol–water partition coefficient (Wildman–Crippen LogP) is 4.80. The molecular formula is C14H10F6O2. The van der Waals surface area contributed by atoms with E-state index in [0.29, 0.717) is 11.6 Å². The van der Waals surface area contributed by atoms with Crippen molar-refractivity contribution >= 4 is 0 Å². The van der Waals surface area contributed by atoms with Crippen molar-refractivity contribution in [1.82, 2.24) is 0 Å². The average molecular weight is 324 g/mol. The second kappa shape index (κ2) is 6.64. The van der Waals surface area contributed by atoms with Crippen molar-refractivity contribution in [2.75, 3.05) is 0 Å². The molecule has 0 heterocycles. The van der Waals surface area contributed by atoms with Gasteiger partial charge in [-0.05, 0) is 31.6 Å². The van der Waals surface area contributed by atoms with E-state index < -0.39 is 24.2 Å². The summed E-state index contributed by atoms with van der Waals surface area (Å²) in [6.45, 7) is 3.30. The van der Waals surface area contributed by atoms with Crippen molar-refractivity contribution in [2.45, 2.75) is 26.6 Å². The van der Waals surface area contributed by atoms with Gasteiger partial charge in [-0.2, -0.15) is 0 Å². The number of ether oxygens (including phenoxy) is 2. The van der Waals surface area contributed by atoms with E-state index in [-0.39, 0.29) is 5.56 Å². The number of halogens is 6. The van der Waals surface area contributed by atoms with Gasteiger partial charge in [-0.1, -0.05) is 17.9 Å². The van der Waals surface area contributed by atoms with Crippen LogP contribution in [0.3, 0.4) is 0 Å². The van der Waals surface area contributed by atoms with Crippen molar-refractivity contribution in [3.05, 3.63) is 35.4 Å². The van der Waals surface area contributed by atoms with E-state index in [2.05, 4.69) is 21.3 Å². The van der Waals surface area contributed by atoms with Gasteiger partial charge in [0, 0.05) is 6.07 Å². The molecule has 1 aromatic carbocycles. The molecule has 0 atom stereocenters. The normalized spacial score (nSPS) is 12.5. The smallest absolute Gasteiger partial charge is 0.406 e. The number of rotatable bonds is 2. The molecule has 8 heteroatoms. The Kier molecular flexibility index (Phi) is 5.36. The van der Waals surface area contributed by atoms with Crippen LogP contribution in [0.25, 0.3) is 0 Å². The Morgan fingerprint density at radius 2 is 1.64 bits per heavy atom. The zero-order valence-electron chi connectivity index (χ0n) is 11.4. The van der Waals surface area contributed by atoms with Gasteiger partial charge < -0.3 is 9.47 Å². The standard InChI is InChI=1S/C14H10F6O2/c1-3-9(2)4-5-10-6-7-11(21-13(15,16)17)8-12(10)22-14(18,19)20/h3,6-8H,1-2H3/b9-3+. The summed E-state index contributed by atoms with van der Waals surface area (Å²) < 4.78 is 80.4. The fourth-order valence-corrected chi connectivity index (χ4v) is 1.25. The van der Waals surface area contributed by atoms with Gasteiger partial charge in [-0.3, -0.25) is 0 Å². The number of hydrogen-bond acceptors (Lipinski definition) is 2. The lowest BCUT2D eigenvalue weighted by atomic mass is 10.1. The van der Waals surface area contributed by atoms with Gasteiger partial charge in [0.05, 0.1) is 5.56 Å². The molecule has 22 heavy (non-hydrogen) atoms. The minimum atomic E-state index is -5.07. The molecular weight excluding hydrogens is 314 g/mol. The molecule has 0 radical (unpaired) electrons. The third-order valence-corrected chi connectivity index (χ3v) is 2.24. The van der Waals surface area contributed by atoms with Crippen LogP contribution in [0.4, 0.5) is 26.3 Å². The summed E-state index contributed by atoms with van der Waals surface area (Å²) in [6, 6.07) is 2.29. The molecule has 0 aliphatic carbocycles. The third kappa shape index (κ3) is 6.43. The monoisotopic (exact) mass is 324 g/mol. The summed E-state index contributed by atoms with van der Waals surface area (Å²) >= 11 is 0. The fraction of sp³-hybridized carbons (Fsp3) is 0.286. The second-order valence-electron chi connectivity index (χ2n) is 3.98. The van der Waals surface area contributed by atoms with Crippen LogP contribution in [-0.4, -0.2) is 12.7 Å². The maximum absolute atomic E-state index is 12.3. The summed E-state index contributed by atoms with van der Waals surface area (Å²) in [4.78, 5) is 0. The van der Waals surface area contributed by atoms with Crippen molar-refractivity contribution in [1.29, 1.82) is 0 Å². The molecule has 0 spiro atoms. The molecule has 0 bridgehead atoms. The molecule has 0 aromatic heterocycles. The molecule has 0 fully saturated rings. The molecule has 1 aromatic rings. The van der Waals surface area contributed by atoms with Crippen LogP contribution in [0, 0.1) is 11.8 Å². The first-order chi connectivity index (χ1) is 10.00. The van der Waals surface area contributed by atoms with Crippen molar-refractivity contribution in [3.8, 4) is 23.3 Å². The molecule has 0 aliphatic heterocycles. The highest BCUT2D eigenvalue weighted by atomic mass is 19.4. The summed E-state index contributed by atoms with van der Waals surface area (Å²) in [5, 5.41) is 0. The molecule has 2 nitrogen and oxygen atoms in total. The lowest BCUT2D eigenvalue weighted by Crippen LogP contribution is -2.19. The molecule has 0 amide bonds. The zero-order chi connectivity index (χ0) is 17.0. The van der Waals surface area contributed by atoms with E-state index >= 15 is 0 Å². The minimum absolute atomic E-state index is 0.215. The Bertz CT molecular complexity index is 617. The molecule has 1 rings (SSSR count). The highest BCUT2D eigenvalue weighted by Crippen LogP contribution is 2.32. The Labute approximate surface area is 122 Å². The van der Waals surface area contributed by atoms with Gasteiger partial charge in [-0.15, -0.1) is 26.3 Å². The van der Waals surface area contributed by atoms with E-state index in [9.17, 15) is 26.3 Å². The maximum Gasteiger partial charge on any atom is 0.573 e. The largest absolute Gasteiger partial charge is 0.573 e. The summed E-state index contributed by atoms with van der Waals surface area (Å²) in [5.74, 6) is 3.24. The Morgan fingerprint density at radius 3 is 2.14 bits per heavy atom. The van der Waals surface area contributed by atoms with Crippen molar-refractivity contribution in [3.63, 3.8) is 0 Å². The number of alkyl halides is 6. The third-order valence-electron chi connectivity index (χ3n) is 2.24. The highest BCUT2D eigenvalue weighted by molar-refractivity contribution is 5.51. The second-order valence-corrected chi connectivity index (χ2v) is 3.98. The number of benzene rings is 1. The summed E-state index contributed by atoms with van der Waals surface area (Å²) in [5.41, 5.74) is 0.363. The molecule has 0 saturated carbocycles. The van der Waals surface area contributed by atoms with E-state index in [1.54, 1.807) is 19.9 Å². The zero-order valence-corrected chi connectivity index (χ0v) is 11.4. The van der Waals surface area contributed by atoms with Crippen LogP contribution in [0.5, 0.6) is 11.5 Å². The minimum Gasteiger partial charge on any atom is -0.406 e. The van der Waals surface area contributed by atoms with Crippen LogP contribution in [-0.2, 0) is 0 Å². The molecule has 0 saturated heterocycles. The first-order valence-electron chi connectivity index (χ1n) is 5.80. The Morgan fingerprint density at radius 1 is 1.05 bits per heavy atom. The molecule has 0 unspecified atom stereocenters. The fourth-order valence-electron chi connectivity index (χ4n) is 1.25. The number of hydrogen-bond donors (Lipinski definition) is 0. The van der Waals surface area contributed by atoms with Crippen molar-refractivity contribution < 1.29 is 35.8 Å². The predicted molar refractivity (Wildman–Crippen MR) is 66.1 cm³/mol. The summed E-state index contributed by atoms with van der Waals surface area (Å²) in [6.07, 6.45) is -8.47. The summed E-state index contributed by atoms with van der Waals surface area (Å²) in [7, 11) is 0. The lowest BCUT2D eigenvalue weighted by Gasteiger charge is -2.13. The first kappa shape index (κ1) is 17.8. The Balaban J connectivity index is 3.23. The maximum atomic E-state index is 12.3. The average Bonchev–Trinajstić information content (AvgIpc) is 2.33. The van der Waals surface area contributed by atoms with Gasteiger partial charge in [0.25, 0.3) is 0 Å². The van der Waals surface area contributed by atoms with Gasteiger partial charge in [0.1, 0.15) is 11.5 Å². The SMILES string of the molecule is C/C=C(\C)C#Cc1ccc(OC(F)(F)F)cc1OC(F)(F)F. The molecule has 0 N–H and O–H groups in total. The molecule has 0 aliphatic rings. The number of allylic oxidation sites excluding steroid dienone is 2. The van der Waals surface area contributed by atoms with E-state index in [1.165, 1.54) is 0 Å². The molecule has 120 valence electrons. The topological polar surface area (TPSA) is 18.5 Å². The van der Waals surface area contributed by atoms with E-state index in [4.69, 9.17) is 0 Å². The quantitative estimate of drug-likeness (QED) is 0.574. The van der Waals surface area contributed by atoms with Crippen LogP contribution in [0.1, 0.15) is 19.4 Å². The van der Waals surface area contributed by atoms with E-state index in [0.717, 1.165) is 12.1 Å². The van der Waals surface area contributed by atoms with Crippen LogP contribution in [0.2, 0.25) is 0 Å². The van der Waals surface area contributed by atoms with Gasteiger partial charge in [-0.25, -0.2) is 0 Å². The van der Waals surface area contributed by atoms with Crippen LogP contribution >= 0.6 is 0 Å². The van der Waals surface area contributed by atoms with Gasteiger partial charge in [0.15, 0.2) is 0 Å². The highest BCUT2D eigenvalue weighted by Gasteiger charge is 2.34. The van der Waals surface area contributed by atoms with Gasteiger partial charge in [0.2, 0.25) is 0 Å². The van der Waals surface area contributed by atoms with Crippen LogP contribution < -0.4 is 9.47 Å². The lowest BCUT2D eigenvalue weighted by molar-refractivity contribution is -0.276. The van der Waals surface area contributed by atoms with E-state index in [1.807, 2.05) is 0 Å². The van der Waals surface area contributed by atoms with Gasteiger partial charge >= 0.3 is 12.7 Å². The first-order valence-corrected chi connectivity index (χ1v) is 5.80. The Hall–Kier alpha value is -2.30. The van der Waals surface area contributed by atoms with Crippen molar-refractivity contribution in [2.24, 2.45) is 0 Å².